The summed E-state index contributed by atoms with van der Waals surface area (Å²) in [5, 5.41) is 0. The first kappa shape index (κ1) is 15.2. The van der Waals surface area contributed by atoms with Crippen LogP contribution in [0.25, 0.3) is 0 Å². The summed E-state index contributed by atoms with van der Waals surface area (Å²) in [5.41, 5.74) is 2.35. The first-order valence-electron chi connectivity index (χ1n) is 7.05. The van der Waals surface area contributed by atoms with Crippen LogP contribution in [0, 0.1) is 0 Å². The Balaban J connectivity index is 1.70. The number of halogens is 1. The van der Waals surface area contributed by atoms with Crippen LogP contribution < -0.4 is 14.2 Å². The van der Waals surface area contributed by atoms with Crippen LogP contribution in [0.5, 0.6) is 17.2 Å². The highest BCUT2D eigenvalue weighted by molar-refractivity contribution is 9.10. The van der Waals surface area contributed by atoms with Crippen molar-refractivity contribution in [1.29, 1.82) is 0 Å². The smallest absolute Gasteiger partial charge is 0.231 e. The van der Waals surface area contributed by atoms with E-state index in [0.717, 1.165) is 40.4 Å². The lowest BCUT2D eigenvalue weighted by molar-refractivity contribution is 0.174. The lowest BCUT2D eigenvalue weighted by atomic mass is 10.1. The molecule has 0 radical (unpaired) electrons. The summed E-state index contributed by atoms with van der Waals surface area (Å²) in [6.07, 6.45) is 0. The molecule has 1 heterocycles. The minimum atomic E-state index is 0.309. The number of hydrogen-bond acceptors (Lipinski definition) is 4. The van der Waals surface area contributed by atoms with E-state index in [1.165, 1.54) is 5.56 Å². The molecule has 1 aliphatic rings. The van der Waals surface area contributed by atoms with Crippen LogP contribution >= 0.6 is 15.9 Å². The van der Waals surface area contributed by atoms with Crippen LogP contribution in [-0.4, -0.2) is 25.9 Å². The number of rotatable bonds is 5. The van der Waals surface area contributed by atoms with E-state index in [1.807, 2.05) is 24.3 Å². The second-order valence-electron chi connectivity index (χ2n) is 5.32. The van der Waals surface area contributed by atoms with Crippen molar-refractivity contribution in [2.45, 2.75) is 13.1 Å². The Hall–Kier alpha value is -1.72. The van der Waals surface area contributed by atoms with E-state index >= 15 is 0 Å². The average Bonchev–Trinajstić information content (AvgIpc) is 2.95. The molecule has 0 aliphatic carbocycles. The summed E-state index contributed by atoms with van der Waals surface area (Å²) in [6, 6.07) is 12.1. The normalized spacial score (nSPS) is 12.7. The van der Waals surface area contributed by atoms with Gasteiger partial charge in [-0.25, -0.2) is 0 Å². The zero-order valence-electron chi connectivity index (χ0n) is 12.6. The maximum atomic E-state index is 5.43. The molecule has 22 heavy (non-hydrogen) atoms. The molecule has 1 aliphatic heterocycles. The van der Waals surface area contributed by atoms with Gasteiger partial charge in [-0.05, 0) is 42.9 Å². The van der Waals surface area contributed by atoms with Gasteiger partial charge in [0, 0.05) is 23.1 Å². The highest BCUT2D eigenvalue weighted by Gasteiger charge is 2.14. The Labute approximate surface area is 138 Å². The Morgan fingerprint density at radius 3 is 2.73 bits per heavy atom. The van der Waals surface area contributed by atoms with E-state index in [1.54, 1.807) is 7.11 Å². The molecule has 4 nitrogen and oxygen atoms in total. The van der Waals surface area contributed by atoms with Crippen molar-refractivity contribution in [2.75, 3.05) is 21.0 Å². The minimum Gasteiger partial charge on any atom is -0.496 e. The summed E-state index contributed by atoms with van der Waals surface area (Å²) >= 11 is 3.51. The lowest BCUT2D eigenvalue weighted by Gasteiger charge is -2.19. The largest absolute Gasteiger partial charge is 0.496 e. The monoisotopic (exact) mass is 363 g/mol. The number of nitrogens with zero attached hydrogens (tertiary/aromatic N) is 1. The highest BCUT2D eigenvalue weighted by Crippen LogP contribution is 2.33. The maximum absolute atomic E-state index is 5.43. The standard InChI is InChI=1S/C17H18BrNO3/c1-19(10-13-8-14(18)4-6-15(13)20-2)9-12-3-5-16-17(7-12)22-11-21-16/h3-8H,9-11H2,1-2H3. The summed E-state index contributed by atoms with van der Waals surface area (Å²) in [6.45, 7) is 1.94. The molecule has 0 bridgehead atoms. The summed E-state index contributed by atoms with van der Waals surface area (Å²) in [7, 11) is 3.79. The summed E-state index contributed by atoms with van der Waals surface area (Å²) in [4.78, 5) is 2.24. The van der Waals surface area contributed by atoms with Gasteiger partial charge >= 0.3 is 0 Å². The van der Waals surface area contributed by atoms with Gasteiger partial charge in [0.05, 0.1) is 7.11 Å². The zero-order valence-corrected chi connectivity index (χ0v) is 14.2. The third kappa shape index (κ3) is 3.36. The van der Waals surface area contributed by atoms with Crippen LogP contribution in [0.2, 0.25) is 0 Å². The molecular weight excluding hydrogens is 346 g/mol. The zero-order chi connectivity index (χ0) is 15.5. The molecule has 0 fully saturated rings. The first-order valence-corrected chi connectivity index (χ1v) is 7.84. The lowest BCUT2D eigenvalue weighted by Crippen LogP contribution is -2.17. The van der Waals surface area contributed by atoms with Gasteiger partial charge in [0.2, 0.25) is 6.79 Å². The van der Waals surface area contributed by atoms with Gasteiger partial charge in [-0.1, -0.05) is 22.0 Å². The Kier molecular flexibility index (Phi) is 4.55. The van der Waals surface area contributed by atoms with E-state index in [2.05, 4.69) is 40.0 Å². The van der Waals surface area contributed by atoms with Crippen LogP contribution in [0.15, 0.2) is 40.9 Å². The van der Waals surface area contributed by atoms with Crippen molar-refractivity contribution >= 4 is 15.9 Å². The van der Waals surface area contributed by atoms with Gasteiger partial charge in [-0.3, -0.25) is 4.90 Å². The molecule has 0 N–H and O–H groups in total. The quantitative estimate of drug-likeness (QED) is 0.807. The number of methoxy groups -OCH3 is 1. The van der Waals surface area contributed by atoms with Gasteiger partial charge in [-0.15, -0.1) is 0 Å². The van der Waals surface area contributed by atoms with Gasteiger partial charge < -0.3 is 14.2 Å². The van der Waals surface area contributed by atoms with Crippen LogP contribution in [0.3, 0.4) is 0 Å². The highest BCUT2D eigenvalue weighted by atomic mass is 79.9. The van der Waals surface area contributed by atoms with E-state index in [9.17, 15) is 0 Å². The molecule has 0 saturated heterocycles. The van der Waals surface area contributed by atoms with Crippen molar-refractivity contribution in [3.63, 3.8) is 0 Å². The fourth-order valence-electron chi connectivity index (χ4n) is 2.57. The number of ether oxygens (including phenoxy) is 3. The van der Waals surface area contributed by atoms with E-state index in [0.29, 0.717) is 6.79 Å². The van der Waals surface area contributed by atoms with Crippen molar-refractivity contribution < 1.29 is 14.2 Å². The molecule has 5 heteroatoms. The summed E-state index contributed by atoms with van der Waals surface area (Å²) < 4.78 is 17.2. The topological polar surface area (TPSA) is 30.9 Å². The number of benzene rings is 2. The first-order chi connectivity index (χ1) is 10.7. The molecule has 0 spiro atoms. The third-order valence-electron chi connectivity index (χ3n) is 3.57. The molecule has 0 amide bonds. The molecule has 2 aromatic rings. The van der Waals surface area contributed by atoms with Crippen LogP contribution in [0.1, 0.15) is 11.1 Å². The molecule has 0 atom stereocenters. The molecule has 0 aromatic heterocycles. The fraction of sp³-hybridized carbons (Fsp3) is 0.294. The van der Waals surface area contributed by atoms with E-state index in [-0.39, 0.29) is 0 Å². The minimum absolute atomic E-state index is 0.309. The Morgan fingerprint density at radius 1 is 1.09 bits per heavy atom. The van der Waals surface area contributed by atoms with E-state index < -0.39 is 0 Å². The van der Waals surface area contributed by atoms with E-state index in [4.69, 9.17) is 14.2 Å². The fourth-order valence-corrected chi connectivity index (χ4v) is 2.98. The molecule has 116 valence electrons. The molecule has 0 saturated carbocycles. The summed E-state index contributed by atoms with van der Waals surface area (Å²) in [5.74, 6) is 2.55. The van der Waals surface area contributed by atoms with Gasteiger partial charge in [-0.2, -0.15) is 0 Å². The van der Waals surface area contributed by atoms with Gasteiger partial charge in [0.1, 0.15) is 5.75 Å². The van der Waals surface area contributed by atoms with Crippen molar-refractivity contribution in [1.82, 2.24) is 4.90 Å². The third-order valence-corrected chi connectivity index (χ3v) is 4.07. The molecule has 3 rings (SSSR count). The SMILES string of the molecule is COc1ccc(Br)cc1CN(C)Cc1ccc2c(c1)OCO2. The predicted octanol–water partition coefficient (Wildman–Crippen LogP) is 3.82. The molecule has 2 aromatic carbocycles. The predicted molar refractivity (Wildman–Crippen MR) is 88.4 cm³/mol. The van der Waals surface area contributed by atoms with Crippen LogP contribution in [0.4, 0.5) is 0 Å². The molecule has 0 unspecified atom stereocenters. The van der Waals surface area contributed by atoms with Crippen molar-refractivity contribution in [3.05, 3.63) is 52.0 Å². The van der Waals surface area contributed by atoms with Crippen molar-refractivity contribution in [3.8, 4) is 17.2 Å². The Morgan fingerprint density at radius 2 is 1.91 bits per heavy atom. The van der Waals surface area contributed by atoms with Crippen molar-refractivity contribution in [2.24, 2.45) is 0 Å². The number of hydrogen-bond donors (Lipinski definition) is 0. The maximum Gasteiger partial charge on any atom is 0.231 e. The average molecular weight is 364 g/mol. The van der Waals surface area contributed by atoms with Gasteiger partial charge in [0.25, 0.3) is 0 Å². The second kappa shape index (κ2) is 6.58. The Bertz CT molecular complexity index is 675. The number of fused-ring (bicyclic) bond motifs is 1. The van der Waals surface area contributed by atoms with Crippen LogP contribution in [-0.2, 0) is 13.1 Å². The second-order valence-corrected chi connectivity index (χ2v) is 6.23. The van der Waals surface area contributed by atoms with Gasteiger partial charge in [0.15, 0.2) is 11.5 Å². The molecular formula is C17H18BrNO3.